The maximum atomic E-state index is 3.60. The molecule has 2 fully saturated rings. The number of nitrogens with one attached hydrogen (secondary N) is 1. The van der Waals surface area contributed by atoms with Crippen LogP contribution in [0.25, 0.3) is 0 Å². The second-order valence-corrected chi connectivity index (χ2v) is 7.67. The van der Waals surface area contributed by atoms with E-state index in [4.69, 9.17) is 0 Å². The Morgan fingerprint density at radius 1 is 1.05 bits per heavy atom. The van der Waals surface area contributed by atoms with E-state index in [0.29, 0.717) is 6.04 Å². The monoisotopic (exact) mass is 281 g/mol. The van der Waals surface area contributed by atoms with Gasteiger partial charge in [0.2, 0.25) is 0 Å². The summed E-state index contributed by atoms with van der Waals surface area (Å²) in [6.07, 6.45) is 2.74. The summed E-state index contributed by atoms with van der Waals surface area (Å²) in [5, 5.41) is 3.60. The van der Waals surface area contributed by atoms with Crippen molar-refractivity contribution in [1.82, 2.24) is 15.1 Å². The van der Waals surface area contributed by atoms with E-state index in [2.05, 4.69) is 49.9 Å². The van der Waals surface area contributed by atoms with Crippen molar-refractivity contribution >= 4 is 0 Å². The molecule has 1 heterocycles. The summed E-state index contributed by atoms with van der Waals surface area (Å²) >= 11 is 0. The van der Waals surface area contributed by atoms with Crippen LogP contribution in [0, 0.1) is 17.8 Å². The van der Waals surface area contributed by atoms with Crippen LogP contribution in [-0.2, 0) is 0 Å². The van der Waals surface area contributed by atoms with Gasteiger partial charge in [0.25, 0.3) is 0 Å². The minimum absolute atomic E-state index is 0.686. The lowest BCUT2D eigenvalue weighted by atomic mass is 9.75. The van der Waals surface area contributed by atoms with Crippen molar-refractivity contribution < 1.29 is 0 Å². The van der Waals surface area contributed by atoms with Crippen molar-refractivity contribution in [3.63, 3.8) is 0 Å². The number of piperazine rings is 1. The standard InChI is InChI=1S/C17H35N3/c1-13(2)12-19-6-8-20(9-7-19)17-15(4)10-14(3)11-16(17)18-5/h13-18H,6-12H2,1-5H3. The molecular formula is C17H35N3. The molecule has 1 aliphatic carbocycles. The minimum atomic E-state index is 0.686. The van der Waals surface area contributed by atoms with Crippen LogP contribution >= 0.6 is 0 Å². The van der Waals surface area contributed by atoms with Crippen molar-refractivity contribution in [2.45, 2.75) is 52.6 Å². The molecule has 0 spiro atoms. The zero-order chi connectivity index (χ0) is 14.7. The van der Waals surface area contributed by atoms with Gasteiger partial charge >= 0.3 is 0 Å². The van der Waals surface area contributed by atoms with E-state index in [0.717, 1.165) is 23.8 Å². The third-order valence-corrected chi connectivity index (χ3v) is 5.25. The lowest BCUT2D eigenvalue weighted by molar-refractivity contribution is 0.0230. The molecule has 0 radical (unpaired) electrons. The van der Waals surface area contributed by atoms with E-state index in [1.54, 1.807) is 0 Å². The molecule has 0 aromatic heterocycles. The van der Waals surface area contributed by atoms with Gasteiger partial charge < -0.3 is 10.2 Å². The summed E-state index contributed by atoms with van der Waals surface area (Å²) in [5.41, 5.74) is 0. The average molecular weight is 281 g/mol. The van der Waals surface area contributed by atoms with Gasteiger partial charge in [0.05, 0.1) is 0 Å². The number of nitrogens with zero attached hydrogens (tertiary/aromatic N) is 2. The molecule has 1 aliphatic heterocycles. The van der Waals surface area contributed by atoms with Crippen molar-refractivity contribution in [3.05, 3.63) is 0 Å². The highest BCUT2D eigenvalue weighted by Gasteiger charge is 2.37. The van der Waals surface area contributed by atoms with Crippen LogP contribution in [0.5, 0.6) is 0 Å². The molecule has 1 saturated carbocycles. The first-order chi connectivity index (χ1) is 9.51. The summed E-state index contributed by atoms with van der Waals surface area (Å²) < 4.78 is 0. The van der Waals surface area contributed by atoms with Gasteiger partial charge in [-0.3, -0.25) is 4.90 Å². The molecule has 20 heavy (non-hydrogen) atoms. The van der Waals surface area contributed by atoms with Crippen LogP contribution in [0.2, 0.25) is 0 Å². The molecule has 0 bridgehead atoms. The van der Waals surface area contributed by atoms with Gasteiger partial charge in [-0.15, -0.1) is 0 Å². The van der Waals surface area contributed by atoms with Gasteiger partial charge in [0, 0.05) is 44.8 Å². The van der Waals surface area contributed by atoms with Crippen LogP contribution in [0.3, 0.4) is 0 Å². The summed E-state index contributed by atoms with van der Waals surface area (Å²) in [7, 11) is 2.15. The maximum absolute atomic E-state index is 3.60. The highest BCUT2D eigenvalue weighted by atomic mass is 15.3. The molecular weight excluding hydrogens is 246 g/mol. The number of hydrogen-bond acceptors (Lipinski definition) is 3. The van der Waals surface area contributed by atoms with E-state index < -0.39 is 0 Å². The molecule has 1 saturated heterocycles. The van der Waals surface area contributed by atoms with E-state index in [1.807, 2.05) is 0 Å². The number of rotatable bonds is 4. The van der Waals surface area contributed by atoms with Crippen molar-refractivity contribution in [3.8, 4) is 0 Å². The molecule has 4 unspecified atom stereocenters. The molecule has 2 aliphatic rings. The Morgan fingerprint density at radius 2 is 1.70 bits per heavy atom. The summed E-state index contributed by atoms with van der Waals surface area (Å²) in [4.78, 5) is 5.42. The fourth-order valence-electron chi connectivity index (χ4n) is 4.50. The second kappa shape index (κ2) is 7.24. The number of hydrogen-bond donors (Lipinski definition) is 1. The molecule has 4 atom stereocenters. The molecule has 0 aromatic carbocycles. The first-order valence-corrected chi connectivity index (χ1v) is 8.65. The summed E-state index contributed by atoms with van der Waals surface area (Å²) in [5.74, 6) is 2.50. The van der Waals surface area contributed by atoms with Gasteiger partial charge in [-0.25, -0.2) is 0 Å². The quantitative estimate of drug-likeness (QED) is 0.853. The highest BCUT2D eigenvalue weighted by molar-refractivity contribution is 4.94. The average Bonchev–Trinajstić information content (AvgIpc) is 2.38. The Hall–Kier alpha value is -0.120. The summed E-state index contributed by atoms with van der Waals surface area (Å²) in [6.45, 7) is 15.8. The predicted octanol–water partition coefficient (Wildman–Crippen LogP) is 2.28. The van der Waals surface area contributed by atoms with Crippen LogP contribution in [0.1, 0.15) is 40.5 Å². The highest BCUT2D eigenvalue weighted by Crippen LogP contribution is 2.32. The smallest absolute Gasteiger partial charge is 0.0276 e. The van der Waals surface area contributed by atoms with Gasteiger partial charge in [-0.1, -0.05) is 27.7 Å². The molecule has 2 rings (SSSR count). The summed E-state index contributed by atoms with van der Waals surface area (Å²) in [6, 6.07) is 1.43. The van der Waals surface area contributed by atoms with Crippen molar-refractivity contribution in [2.24, 2.45) is 17.8 Å². The Labute approximate surface area is 126 Å². The molecule has 3 heteroatoms. The molecule has 3 nitrogen and oxygen atoms in total. The van der Waals surface area contributed by atoms with Gasteiger partial charge in [-0.2, -0.15) is 0 Å². The Bertz CT molecular complexity index is 284. The Balaban J connectivity index is 1.91. The van der Waals surface area contributed by atoms with Gasteiger partial charge in [0.1, 0.15) is 0 Å². The lowest BCUT2D eigenvalue weighted by Crippen LogP contribution is -2.60. The SMILES string of the molecule is CNC1CC(C)CC(C)C1N1CCN(CC(C)C)CC1. The van der Waals surface area contributed by atoms with Crippen LogP contribution < -0.4 is 5.32 Å². The molecule has 118 valence electrons. The van der Waals surface area contributed by atoms with E-state index in [1.165, 1.54) is 45.6 Å². The zero-order valence-electron chi connectivity index (χ0n) is 14.2. The fourth-order valence-corrected chi connectivity index (χ4v) is 4.50. The van der Waals surface area contributed by atoms with Gasteiger partial charge in [-0.05, 0) is 37.6 Å². The minimum Gasteiger partial charge on any atom is -0.315 e. The van der Waals surface area contributed by atoms with Crippen LogP contribution in [0.4, 0.5) is 0 Å². The normalized spacial score (nSPS) is 37.5. The maximum Gasteiger partial charge on any atom is 0.0276 e. The number of likely N-dealkylation sites (N-methyl/N-ethyl adjacent to an activating group) is 1. The molecule has 0 amide bonds. The zero-order valence-corrected chi connectivity index (χ0v) is 14.2. The third-order valence-electron chi connectivity index (χ3n) is 5.25. The first-order valence-electron chi connectivity index (χ1n) is 8.65. The van der Waals surface area contributed by atoms with Crippen molar-refractivity contribution in [1.29, 1.82) is 0 Å². The molecule has 0 aromatic rings. The van der Waals surface area contributed by atoms with Crippen LogP contribution in [-0.4, -0.2) is 61.7 Å². The predicted molar refractivity (Wildman–Crippen MR) is 87.0 cm³/mol. The lowest BCUT2D eigenvalue weighted by Gasteiger charge is -2.48. The topological polar surface area (TPSA) is 18.5 Å². The fraction of sp³-hybridized carbons (Fsp3) is 1.00. The first kappa shape index (κ1) is 16.3. The van der Waals surface area contributed by atoms with Gasteiger partial charge in [0.15, 0.2) is 0 Å². The Morgan fingerprint density at radius 3 is 2.25 bits per heavy atom. The third kappa shape index (κ3) is 3.96. The largest absolute Gasteiger partial charge is 0.315 e. The van der Waals surface area contributed by atoms with E-state index in [9.17, 15) is 0 Å². The van der Waals surface area contributed by atoms with Crippen molar-refractivity contribution in [2.75, 3.05) is 39.8 Å². The molecule has 1 N–H and O–H groups in total. The van der Waals surface area contributed by atoms with E-state index in [-0.39, 0.29) is 0 Å². The second-order valence-electron chi connectivity index (χ2n) is 7.67. The Kier molecular flexibility index (Phi) is 5.88. The van der Waals surface area contributed by atoms with E-state index >= 15 is 0 Å². The van der Waals surface area contributed by atoms with Crippen LogP contribution in [0.15, 0.2) is 0 Å².